The van der Waals surface area contributed by atoms with Gasteiger partial charge in [0.1, 0.15) is 0 Å². The first-order valence-corrected chi connectivity index (χ1v) is 10.7. The molecule has 1 atom stereocenters. The fourth-order valence-corrected chi connectivity index (χ4v) is 5.63. The lowest BCUT2D eigenvalue weighted by Gasteiger charge is -2.38. The van der Waals surface area contributed by atoms with Crippen LogP contribution in [-0.2, 0) is 35.4 Å². The zero-order chi connectivity index (χ0) is 20.5. The van der Waals surface area contributed by atoms with Gasteiger partial charge in [0.25, 0.3) is 0 Å². The van der Waals surface area contributed by atoms with Crippen LogP contribution in [0.15, 0.2) is 77.7 Å². The summed E-state index contributed by atoms with van der Waals surface area (Å²) in [6.07, 6.45) is 2.04. The average molecular weight is 413 g/mol. The first-order chi connectivity index (χ1) is 13.9. The molecule has 2 heterocycles. The van der Waals surface area contributed by atoms with E-state index in [-0.39, 0.29) is 24.4 Å². The van der Waals surface area contributed by atoms with E-state index in [1.165, 1.54) is 12.1 Å². The highest BCUT2D eigenvalue weighted by molar-refractivity contribution is 7.92. The Morgan fingerprint density at radius 3 is 2.03 bits per heavy atom. The fourth-order valence-electron chi connectivity index (χ4n) is 3.71. The maximum atomic E-state index is 13.4. The summed E-state index contributed by atoms with van der Waals surface area (Å²) in [5.74, 6) is -3.70. The number of carbonyl (C=O) groups is 2. The Morgan fingerprint density at radius 2 is 1.45 bits per heavy atom. The van der Waals surface area contributed by atoms with Crippen LogP contribution in [0.3, 0.4) is 0 Å². The van der Waals surface area contributed by atoms with E-state index >= 15 is 0 Å². The van der Waals surface area contributed by atoms with Crippen molar-refractivity contribution in [3.63, 3.8) is 0 Å². The monoisotopic (exact) mass is 413 g/mol. The van der Waals surface area contributed by atoms with Crippen LogP contribution in [-0.4, -0.2) is 43.0 Å². The van der Waals surface area contributed by atoms with Gasteiger partial charge in [-0.2, -0.15) is 0 Å². The van der Waals surface area contributed by atoms with Crippen molar-refractivity contribution < 1.29 is 27.5 Å². The van der Waals surface area contributed by atoms with Crippen molar-refractivity contribution in [2.45, 2.75) is 29.0 Å². The number of benzene rings is 2. The van der Waals surface area contributed by atoms with Crippen LogP contribution in [0, 0.1) is 0 Å². The Balaban J connectivity index is 1.79. The van der Waals surface area contributed by atoms with Crippen LogP contribution < -0.4 is 0 Å². The minimum Gasteiger partial charge on any atom is -0.404 e. The second kappa shape index (κ2) is 7.46. The molecule has 1 unspecified atom stereocenters. The van der Waals surface area contributed by atoms with E-state index in [2.05, 4.69) is 0 Å². The van der Waals surface area contributed by atoms with Crippen molar-refractivity contribution in [2.24, 2.45) is 0 Å². The second-order valence-electron chi connectivity index (χ2n) is 6.85. The SMILES string of the molecule is O=C1C=CC(=O)OC2(O1)C(S(=O)(=O)c1ccccc1)CCN2Cc1ccccc1. The number of rotatable bonds is 4. The van der Waals surface area contributed by atoms with Crippen molar-refractivity contribution in [1.29, 1.82) is 0 Å². The Morgan fingerprint density at radius 1 is 0.897 bits per heavy atom. The molecule has 29 heavy (non-hydrogen) atoms. The molecular weight excluding hydrogens is 394 g/mol. The van der Waals surface area contributed by atoms with E-state index in [1.54, 1.807) is 23.1 Å². The highest BCUT2D eigenvalue weighted by Crippen LogP contribution is 2.41. The fraction of sp³-hybridized carbons (Fsp3) is 0.238. The van der Waals surface area contributed by atoms with Crippen LogP contribution in [0.4, 0.5) is 0 Å². The van der Waals surface area contributed by atoms with Gasteiger partial charge in [-0.1, -0.05) is 48.5 Å². The zero-order valence-corrected chi connectivity index (χ0v) is 16.2. The number of carbonyl (C=O) groups excluding carboxylic acids is 2. The van der Waals surface area contributed by atoms with Crippen molar-refractivity contribution in [3.8, 4) is 0 Å². The molecule has 0 amide bonds. The van der Waals surface area contributed by atoms with Gasteiger partial charge in [-0.3, -0.25) is 0 Å². The van der Waals surface area contributed by atoms with E-state index in [0.29, 0.717) is 0 Å². The van der Waals surface area contributed by atoms with Crippen LogP contribution in [0.25, 0.3) is 0 Å². The number of hydrogen-bond acceptors (Lipinski definition) is 7. The predicted octanol–water partition coefficient (Wildman–Crippen LogP) is 2.04. The maximum absolute atomic E-state index is 13.4. The van der Waals surface area contributed by atoms with Crippen LogP contribution in [0.5, 0.6) is 0 Å². The molecule has 0 saturated carbocycles. The number of hydrogen-bond donors (Lipinski definition) is 0. The van der Waals surface area contributed by atoms with Gasteiger partial charge in [0.05, 0.1) is 4.90 Å². The van der Waals surface area contributed by atoms with Gasteiger partial charge in [0, 0.05) is 25.2 Å². The molecule has 0 radical (unpaired) electrons. The van der Waals surface area contributed by atoms with Crippen molar-refractivity contribution in [1.82, 2.24) is 4.90 Å². The topological polar surface area (TPSA) is 90.0 Å². The third-order valence-electron chi connectivity index (χ3n) is 5.02. The highest BCUT2D eigenvalue weighted by atomic mass is 32.2. The van der Waals surface area contributed by atoms with Gasteiger partial charge in [-0.25, -0.2) is 22.9 Å². The Bertz CT molecular complexity index is 1030. The number of esters is 2. The van der Waals surface area contributed by atoms with Crippen molar-refractivity contribution in [2.75, 3.05) is 6.54 Å². The van der Waals surface area contributed by atoms with Crippen LogP contribution >= 0.6 is 0 Å². The molecule has 8 heteroatoms. The summed E-state index contributed by atoms with van der Waals surface area (Å²) >= 11 is 0. The molecule has 0 N–H and O–H groups in total. The van der Waals surface area contributed by atoms with E-state index < -0.39 is 32.9 Å². The van der Waals surface area contributed by atoms with Gasteiger partial charge in [-0.15, -0.1) is 0 Å². The van der Waals surface area contributed by atoms with Gasteiger partial charge in [0.15, 0.2) is 15.1 Å². The molecule has 1 saturated heterocycles. The van der Waals surface area contributed by atoms with Gasteiger partial charge >= 0.3 is 17.8 Å². The molecule has 1 spiro atoms. The molecule has 150 valence electrons. The number of likely N-dealkylation sites (tertiary alicyclic amines) is 1. The number of nitrogens with zero attached hydrogens (tertiary/aromatic N) is 1. The quantitative estimate of drug-likeness (QED) is 0.709. The normalized spacial score (nSPS) is 21.6. The summed E-state index contributed by atoms with van der Waals surface area (Å²) in [6, 6.07) is 17.2. The lowest BCUT2D eigenvalue weighted by atomic mass is 10.2. The molecule has 7 nitrogen and oxygen atoms in total. The molecule has 2 aromatic carbocycles. The molecule has 2 aliphatic heterocycles. The summed E-state index contributed by atoms with van der Waals surface area (Å²) in [4.78, 5) is 26.1. The van der Waals surface area contributed by atoms with E-state index in [0.717, 1.165) is 17.7 Å². The maximum Gasteiger partial charge on any atom is 0.339 e. The smallest absolute Gasteiger partial charge is 0.339 e. The average Bonchev–Trinajstić information content (AvgIpc) is 2.97. The van der Waals surface area contributed by atoms with E-state index in [9.17, 15) is 18.0 Å². The van der Waals surface area contributed by atoms with Crippen LogP contribution in [0.2, 0.25) is 0 Å². The first-order valence-electron chi connectivity index (χ1n) is 9.14. The largest absolute Gasteiger partial charge is 0.404 e. The summed E-state index contributed by atoms with van der Waals surface area (Å²) in [6.45, 7) is 0.522. The van der Waals surface area contributed by atoms with E-state index in [4.69, 9.17) is 9.47 Å². The Labute approximate surface area is 168 Å². The Kier molecular flexibility index (Phi) is 4.97. The van der Waals surface area contributed by atoms with Crippen molar-refractivity contribution >= 4 is 21.8 Å². The van der Waals surface area contributed by atoms with Crippen LogP contribution in [0.1, 0.15) is 12.0 Å². The summed E-state index contributed by atoms with van der Waals surface area (Å²) in [5.41, 5.74) is 0.869. The molecule has 2 aliphatic rings. The summed E-state index contributed by atoms with van der Waals surface area (Å²) in [5, 5.41) is -1.26. The minimum atomic E-state index is -3.96. The third-order valence-corrected chi connectivity index (χ3v) is 7.23. The van der Waals surface area contributed by atoms with Gasteiger partial charge < -0.3 is 9.47 Å². The third kappa shape index (κ3) is 3.56. The van der Waals surface area contributed by atoms with Crippen molar-refractivity contribution in [3.05, 3.63) is 78.4 Å². The molecular formula is C21H19NO6S. The van der Waals surface area contributed by atoms with Gasteiger partial charge in [-0.05, 0) is 24.1 Å². The predicted molar refractivity (Wildman–Crippen MR) is 103 cm³/mol. The second-order valence-corrected chi connectivity index (χ2v) is 8.98. The highest BCUT2D eigenvalue weighted by Gasteiger charge is 2.61. The molecule has 0 aromatic heterocycles. The molecule has 0 bridgehead atoms. The number of ether oxygens (including phenoxy) is 2. The molecule has 4 rings (SSSR count). The first kappa shape index (κ1) is 19.4. The van der Waals surface area contributed by atoms with Gasteiger partial charge in [0.2, 0.25) is 0 Å². The standard InChI is InChI=1S/C21H19NO6S/c23-19-11-12-20(24)28-21(27-19)18(29(25,26)17-9-5-2-6-10-17)13-14-22(21)15-16-7-3-1-4-8-16/h1-12,18H,13-15H2. The Hall–Kier alpha value is -2.97. The molecule has 0 aliphatic carbocycles. The summed E-state index contributed by atoms with van der Waals surface area (Å²) < 4.78 is 37.8. The van der Waals surface area contributed by atoms with E-state index in [1.807, 2.05) is 30.3 Å². The minimum absolute atomic E-state index is 0.0789. The zero-order valence-electron chi connectivity index (χ0n) is 15.4. The number of sulfone groups is 1. The molecule has 2 aromatic rings. The summed E-state index contributed by atoms with van der Waals surface area (Å²) in [7, 11) is -3.96. The lowest BCUT2D eigenvalue weighted by Crippen LogP contribution is -2.57. The lowest BCUT2D eigenvalue weighted by molar-refractivity contribution is -0.269. The molecule has 1 fully saturated rings.